The first-order valence-electron chi connectivity index (χ1n) is 11.1. The molecule has 2 heterocycles. The van der Waals surface area contributed by atoms with E-state index in [1.807, 2.05) is 0 Å². The van der Waals surface area contributed by atoms with Crippen molar-refractivity contribution in [2.24, 2.45) is 0 Å². The lowest BCUT2D eigenvalue weighted by Gasteiger charge is -2.35. The zero-order valence-corrected chi connectivity index (χ0v) is 20.0. The van der Waals surface area contributed by atoms with Crippen LogP contribution in [0, 0.1) is 0 Å². The van der Waals surface area contributed by atoms with Crippen LogP contribution in [0.25, 0.3) is 10.1 Å². The molecule has 0 bridgehead atoms. The van der Waals surface area contributed by atoms with E-state index in [1.165, 1.54) is 21.3 Å². The number of piperazine rings is 1. The molecule has 2 aromatic carbocycles. The average molecular weight is 454 g/mol. The predicted octanol–water partition coefficient (Wildman–Crippen LogP) is 4.38. The predicted molar refractivity (Wildman–Crippen MR) is 138 cm³/mol. The molecule has 31 heavy (non-hydrogen) atoms. The Kier molecular flexibility index (Phi) is 7.37. The molecule has 0 radical (unpaired) electrons. The third kappa shape index (κ3) is 5.17. The molecule has 4 rings (SSSR count). The lowest BCUT2D eigenvalue weighted by molar-refractivity contribution is 0.261. The number of hydrogen-bond acceptors (Lipinski definition) is 5. The molecule has 3 aromatic rings. The largest absolute Gasteiger partial charge is 0.362 e. The van der Waals surface area contributed by atoms with Crippen LogP contribution in [0.2, 0.25) is 0 Å². The Morgan fingerprint density at radius 1 is 1.10 bits per heavy atom. The molecule has 5 nitrogen and oxygen atoms in total. The maximum atomic E-state index is 5.57. The van der Waals surface area contributed by atoms with Gasteiger partial charge in [-0.1, -0.05) is 37.3 Å². The Morgan fingerprint density at radius 3 is 2.65 bits per heavy atom. The molecule has 0 spiro atoms. The highest BCUT2D eigenvalue weighted by atomic mass is 32.1. The highest BCUT2D eigenvalue weighted by molar-refractivity contribution is 7.80. The van der Waals surface area contributed by atoms with Crippen molar-refractivity contribution >= 4 is 50.5 Å². The van der Waals surface area contributed by atoms with Crippen molar-refractivity contribution in [2.75, 3.05) is 56.1 Å². The number of aromatic nitrogens is 1. The number of benzene rings is 2. The first kappa shape index (κ1) is 22.0. The number of hydrogen-bond donors (Lipinski definition) is 1. The first-order chi connectivity index (χ1) is 15.2. The van der Waals surface area contributed by atoms with Crippen molar-refractivity contribution in [3.63, 3.8) is 0 Å². The van der Waals surface area contributed by atoms with E-state index in [0.29, 0.717) is 0 Å². The van der Waals surface area contributed by atoms with Crippen LogP contribution in [0.3, 0.4) is 0 Å². The summed E-state index contributed by atoms with van der Waals surface area (Å²) in [6.07, 6.45) is 2.09. The number of para-hydroxylation sites is 1. The van der Waals surface area contributed by atoms with E-state index in [9.17, 15) is 0 Å². The fourth-order valence-corrected chi connectivity index (χ4v) is 5.07. The van der Waals surface area contributed by atoms with Crippen molar-refractivity contribution in [1.29, 1.82) is 0 Å². The van der Waals surface area contributed by atoms with Gasteiger partial charge in [-0.2, -0.15) is 4.37 Å². The summed E-state index contributed by atoms with van der Waals surface area (Å²) < 4.78 is 6.00. The Balaban J connectivity index is 1.33. The quantitative estimate of drug-likeness (QED) is 0.535. The van der Waals surface area contributed by atoms with Crippen LogP contribution in [-0.4, -0.2) is 60.7 Å². The monoisotopic (exact) mass is 453 g/mol. The molecule has 1 aliphatic heterocycles. The van der Waals surface area contributed by atoms with E-state index in [0.717, 1.165) is 63.0 Å². The van der Waals surface area contributed by atoms with Gasteiger partial charge in [-0.3, -0.25) is 4.90 Å². The van der Waals surface area contributed by atoms with Crippen molar-refractivity contribution < 1.29 is 0 Å². The molecule has 0 unspecified atom stereocenters. The van der Waals surface area contributed by atoms with Gasteiger partial charge in [-0.25, -0.2) is 0 Å². The van der Waals surface area contributed by atoms with Gasteiger partial charge in [0.2, 0.25) is 0 Å². The highest BCUT2D eigenvalue weighted by Gasteiger charge is 2.21. The molecule has 7 heteroatoms. The molecule has 1 N–H and O–H groups in total. The first-order valence-corrected chi connectivity index (χ1v) is 12.3. The van der Waals surface area contributed by atoms with Gasteiger partial charge in [0, 0.05) is 57.4 Å². The topological polar surface area (TPSA) is 34.6 Å². The van der Waals surface area contributed by atoms with Crippen LogP contribution < -0.4 is 15.1 Å². The second kappa shape index (κ2) is 10.4. The number of nitrogens with one attached hydrogen (secondary N) is 1. The molecular formula is C24H31N5S2. The van der Waals surface area contributed by atoms with E-state index >= 15 is 0 Å². The minimum absolute atomic E-state index is 0.790. The van der Waals surface area contributed by atoms with Gasteiger partial charge >= 0.3 is 0 Å². The standard InChI is InChI=1S/C24H31N5S2/c1-3-13-25-24(30)27(2)21-10-6-4-8-19(21)12-14-28-15-17-29(18-16-28)23-20-9-5-7-11-22(20)31-26-23/h4-11H,3,12-18H2,1-2H3,(H,25,30). The SMILES string of the molecule is CCCNC(=S)N(C)c1ccccc1CCN1CCN(c2nsc3ccccc23)CC1. The van der Waals surface area contributed by atoms with Crippen molar-refractivity contribution in [3.8, 4) is 0 Å². The lowest BCUT2D eigenvalue weighted by atomic mass is 10.1. The summed E-state index contributed by atoms with van der Waals surface area (Å²) in [6, 6.07) is 17.2. The van der Waals surface area contributed by atoms with Gasteiger partial charge in [-0.15, -0.1) is 0 Å². The molecule has 1 fully saturated rings. The van der Waals surface area contributed by atoms with Crippen LogP contribution >= 0.6 is 23.8 Å². The normalized spacial score (nSPS) is 14.7. The second-order valence-electron chi connectivity index (χ2n) is 8.00. The van der Waals surface area contributed by atoms with Crippen molar-refractivity contribution in [3.05, 3.63) is 54.1 Å². The van der Waals surface area contributed by atoms with Gasteiger partial charge in [0.15, 0.2) is 5.11 Å². The second-order valence-corrected chi connectivity index (χ2v) is 9.19. The molecule has 1 saturated heterocycles. The van der Waals surface area contributed by atoms with E-state index < -0.39 is 0 Å². The zero-order chi connectivity index (χ0) is 21.6. The molecule has 1 aromatic heterocycles. The summed E-state index contributed by atoms with van der Waals surface area (Å²) in [5.74, 6) is 1.15. The van der Waals surface area contributed by atoms with Crippen LogP contribution in [0.5, 0.6) is 0 Å². The van der Waals surface area contributed by atoms with Gasteiger partial charge in [-0.05, 0) is 60.4 Å². The minimum atomic E-state index is 0.790. The third-order valence-electron chi connectivity index (χ3n) is 5.91. The molecule has 0 saturated carbocycles. The number of anilines is 2. The zero-order valence-electron chi connectivity index (χ0n) is 18.4. The lowest BCUT2D eigenvalue weighted by Crippen LogP contribution is -2.47. The summed E-state index contributed by atoms with van der Waals surface area (Å²) in [7, 11) is 2.06. The number of rotatable bonds is 7. The Labute approximate surface area is 194 Å². The van der Waals surface area contributed by atoms with Gasteiger partial charge in [0.25, 0.3) is 0 Å². The Hall–Kier alpha value is -2.22. The average Bonchev–Trinajstić information content (AvgIpc) is 3.25. The molecule has 1 aliphatic rings. The molecule has 164 valence electrons. The molecule has 0 amide bonds. The fourth-order valence-electron chi connectivity index (χ4n) is 4.07. The number of fused-ring (bicyclic) bond motifs is 1. The van der Waals surface area contributed by atoms with Crippen LogP contribution in [0.4, 0.5) is 11.5 Å². The third-order valence-corrected chi connectivity index (χ3v) is 7.15. The van der Waals surface area contributed by atoms with Gasteiger partial charge in [0.1, 0.15) is 5.82 Å². The van der Waals surface area contributed by atoms with E-state index in [2.05, 4.69) is 82.5 Å². The Bertz CT molecular complexity index is 1010. The van der Waals surface area contributed by atoms with Crippen molar-refractivity contribution in [1.82, 2.24) is 14.6 Å². The number of thiocarbonyl (C=S) groups is 1. The summed E-state index contributed by atoms with van der Waals surface area (Å²) >= 11 is 7.17. The van der Waals surface area contributed by atoms with E-state index in [4.69, 9.17) is 16.6 Å². The highest BCUT2D eigenvalue weighted by Crippen LogP contribution is 2.30. The van der Waals surface area contributed by atoms with Crippen LogP contribution in [-0.2, 0) is 6.42 Å². The summed E-state index contributed by atoms with van der Waals surface area (Å²) in [5.41, 5.74) is 2.54. The maximum absolute atomic E-state index is 5.57. The Morgan fingerprint density at radius 2 is 1.84 bits per heavy atom. The smallest absolute Gasteiger partial charge is 0.173 e. The minimum Gasteiger partial charge on any atom is -0.362 e. The molecule has 0 atom stereocenters. The number of nitrogens with zero attached hydrogens (tertiary/aromatic N) is 4. The van der Waals surface area contributed by atoms with Crippen LogP contribution in [0.1, 0.15) is 18.9 Å². The summed E-state index contributed by atoms with van der Waals surface area (Å²) in [4.78, 5) is 7.11. The fraction of sp³-hybridized carbons (Fsp3) is 0.417. The maximum Gasteiger partial charge on any atom is 0.173 e. The summed E-state index contributed by atoms with van der Waals surface area (Å²) in [5, 5.41) is 5.40. The van der Waals surface area contributed by atoms with E-state index in [-0.39, 0.29) is 0 Å². The molecular weight excluding hydrogens is 422 g/mol. The van der Waals surface area contributed by atoms with E-state index in [1.54, 1.807) is 11.5 Å². The van der Waals surface area contributed by atoms with Gasteiger partial charge < -0.3 is 15.1 Å². The van der Waals surface area contributed by atoms with Crippen LogP contribution in [0.15, 0.2) is 48.5 Å². The summed E-state index contributed by atoms with van der Waals surface area (Å²) in [6.45, 7) is 8.32. The molecule has 0 aliphatic carbocycles. The van der Waals surface area contributed by atoms with Gasteiger partial charge in [0.05, 0.1) is 4.70 Å². The van der Waals surface area contributed by atoms with Crippen molar-refractivity contribution in [2.45, 2.75) is 19.8 Å².